The minimum atomic E-state index is 0.317. The second kappa shape index (κ2) is 6.48. The van der Waals surface area contributed by atoms with Crippen molar-refractivity contribution in [2.24, 2.45) is 0 Å². The van der Waals surface area contributed by atoms with E-state index in [0.717, 1.165) is 37.7 Å². The van der Waals surface area contributed by atoms with Crippen LogP contribution in [0.25, 0.3) is 0 Å². The number of aromatic nitrogens is 1. The van der Waals surface area contributed by atoms with Gasteiger partial charge < -0.3 is 4.74 Å². The van der Waals surface area contributed by atoms with Crippen molar-refractivity contribution in [3.05, 3.63) is 52.0 Å². The summed E-state index contributed by atoms with van der Waals surface area (Å²) in [4.78, 5) is 7.14. The first-order chi connectivity index (χ1) is 9.83. The van der Waals surface area contributed by atoms with Gasteiger partial charge in [-0.25, -0.2) is 4.98 Å². The zero-order valence-electron chi connectivity index (χ0n) is 11.8. The fourth-order valence-corrected chi connectivity index (χ4v) is 3.29. The molecule has 1 unspecified atom stereocenters. The summed E-state index contributed by atoms with van der Waals surface area (Å²) in [6, 6.07) is 11.0. The van der Waals surface area contributed by atoms with Gasteiger partial charge in [-0.2, -0.15) is 0 Å². The quantitative estimate of drug-likeness (QED) is 0.864. The van der Waals surface area contributed by atoms with Crippen LogP contribution in [-0.2, 0) is 11.2 Å². The maximum absolute atomic E-state index is 5.65. The molecule has 1 saturated heterocycles. The van der Waals surface area contributed by atoms with Crippen molar-refractivity contribution in [1.82, 2.24) is 9.88 Å². The average Bonchev–Trinajstić information content (AvgIpc) is 2.93. The van der Waals surface area contributed by atoms with Crippen molar-refractivity contribution < 1.29 is 4.74 Å². The van der Waals surface area contributed by atoms with E-state index in [1.54, 1.807) is 11.3 Å². The van der Waals surface area contributed by atoms with Gasteiger partial charge in [0.05, 0.1) is 30.0 Å². The first kappa shape index (κ1) is 13.7. The summed E-state index contributed by atoms with van der Waals surface area (Å²) in [6.45, 7) is 5.71. The fourth-order valence-electron chi connectivity index (χ4n) is 2.63. The van der Waals surface area contributed by atoms with Crippen LogP contribution in [0.15, 0.2) is 35.7 Å². The van der Waals surface area contributed by atoms with Gasteiger partial charge in [0.25, 0.3) is 0 Å². The first-order valence-electron chi connectivity index (χ1n) is 7.10. The third kappa shape index (κ3) is 3.26. The molecule has 2 heterocycles. The summed E-state index contributed by atoms with van der Waals surface area (Å²) < 4.78 is 5.65. The number of ether oxygens (including phenoxy) is 1. The standard InChI is InChI=1S/C16H20N2OS/c1-13-17-15(12-20-13)16-11-19-10-9-18(16)8-7-14-5-3-2-4-6-14/h2-6,12,16H,7-11H2,1H3. The molecule has 3 rings (SSSR count). The lowest BCUT2D eigenvalue weighted by molar-refractivity contribution is -0.00919. The van der Waals surface area contributed by atoms with E-state index in [2.05, 4.69) is 52.5 Å². The summed E-state index contributed by atoms with van der Waals surface area (Å²) in [6.07, 6.45) is 1.08. The van der Waals surface area contributed by atoms with Gasteiger partial charge in [0, 0.05) is 18.5 Å². The topological polar surface area (TPSA) is 25.4 Å². The molecular formula is C16H20N2OS. The van der Waals surface area contributed by atoms with Crippen molar-refractivity contribution >= 4 is 11.3 Å². The van der Waals surface area contributed by atoms with Crippen LogP contribution in [0.2, 0.25) is 0 Å². The van der Waals surface area contributed by atoms with Crippen LogP contribution < -0.4 is 0 Å². The predicted octanol–water partition coefficient (Wildman–Crippen LogP) is 3.07. The molecule has 0 saturated carbocycles. The molecule has 2 aromatic rings. The molecule has 0 N–H and O–H groups in total. The lowest BCUT2D eigenvalue weighted by Gasteiger charge is -2.34. The van der Waals surface area contributed by atoms with Gasteiger partial charge in [-0.05, 0) is 18.9 Å². The van der Waals surface area contributed by atoms with E-state index >= 15 is 0 Å². The van der Waals surface area contributed by atoms with Gasteiger partial charge >= 0.3 is 0 Å². The molecule has 0 aliphatic carbocycles. The van der Waals surface area contributed by atoms with Crippen LogP contribution in [0, 0.1) is 6.92 Å². The summed E-state index contributed by atoms with van der Waals surface area (Å²) in [5, 5.41) is 3.30. The Morgan fingerprint density at radius 2 is 2.20 bits per heavy atom. The van der Waals surface area contributed by atoms with Crippen LogP contribution in [0.4, 0.5) is 0 Å². The Morgan fingerprint density at radius 3 is 2.95 bits per heavy atom. The van der Waals surface area contributed by atoms with Gasteiger partial charge in [-0.1, -0.05) is 30.3 Å². The molecule has 1 fully saturated rings. The van der Waals surface area contributed by atoms with Crippen LogP contribution in [0.1, 0.15) is 22.3 Å². The Bertz CT molecular complexity index is 540. The molecule has 0 bridgehead atoms. The second-order valence-electron chi connectivity index (χ2n) is 5.15. The van der Waals surface area contributed by atoms with Crippen molar-refractivity contribution in [1.29, 1.82) is 0 Å². The van der Waals surface area contributed by atoms with E-state index < -0.39 is 0 Å². The van der Waals surface area contributed by atoms with Crippen molar-refractivity contribution in [2.45, 2.75) is 19.4 Å². The number of morpholine rings is 1. The normalized spacial score (nSPS) is 20.1. The SMILES string of the molecule is Cc1nc(C2COCCN2CCc2ccccc2)cs1. The Hall–Kier alpha value is -1.23. The second-order valence-corrected chi connectivity index (χ2v) is 6.22. The zero-order valence-corrected chi connectivity index (χ0v) is 12.6. The Morgan fingerprint density at radius 1 is 1.35 bits per heavy atom. The Labute approximate surface area is 124 Å². The molecule has 1 aliphatic heterocycles. The smallest absolute Gasteiger partial charge is 0.0898 e. The third-order valence-electron chi connectivity index (χ3n) is 3.75. The number of hydrogen-bond donors (Lipinski definition) is 0. The van der Waals surface area contributed by atoms with Gasteiger partial charge in [0.15, 0.2) is 0 Å². The summed E-state index contributed by atoms with van der Waals surface area (Å²) in [5.41, 5.74) is 2.56. The summed E-state index contributed by atoms with van der Waals surface area (Å²) in [7, 11) is 0. The Kier molecular flexibility index (Phi) is 4.45. The molecular weight excluding hydrogens is 268 g/mol. The van der Waals surface area contributed by atoms with E-state index in [-0.39, 0.29) is 0 Å². The van der Waals surface area contributed by atoms with Crippen LogP contribution in [-0.4, -0.2) is 36.2 Å². The molecule has 1 atom stereocenters. The van der Waals surface area contributed by atoms with Crippen LogP contribution >= 0.6 is 11.3 Å². The Balaban J connectivity index is 1.66. The van der Waals surface area contributed by atoms with Crippen molar-refractivity contribution in [3.63, 3.8) is 0 Å². The highest BCUT2D eigenvalue weighted by molar-refractivity contribution is 7.09. The predicted molar refractivity (Wildman–Crippen MR) is 82.1 cm³/mol. The largest absolute Gasteiger partial charge is 0.378 e. The number of rotatable bonds is 4. The monoisotopic (exact) mass is 288 g/mol. The molecule has 0 amide bonds. The number of nitrogens with zero attached hydrogens (tertiary/aromatic N) is 2. The number of aryl methyl sites for hydroxylation is 1. The maximum atomic E-state index is 5.65. The average molecular weight is 288 g/mol. The number of hydrogen-bond acceptors (Lipinski definition) is 4. The molecule has 4 heteroatoms. The number of thiazole rings is 1. The fraction of sp³-hybridized carbons (Fsp3) is 0.438. The highest BCUT2D eigenvalue weighted by Crippen LogP contribution is 2.25. The van der Waals surface area contributed by atoms with Gasteiger partial charge in [-0.3, -0.25) is 4.90 Å². The van der Waals surface area contributed by atoms with Gasteiger partial charge in [0.2, 0.25) is 0 Å². The molecule has 1 aromatic carbocycles. The first-order valence-corrected chi connectivity index (χ1v) is 7.98. The van der Waals surface area contributed by atoms with Crippen LogP contribution in [0.3, 0.4) is 0 Å². The summed E-state index contributed by atoms with van der Waals surface area (Å²) in [5.74, 6) is 0. The van der Waals surface area contributed by atoms with E-state index in [0.29, 0.717) is 6.04 Å². The van der Waals surface area contributed by atoms with E-state index in [9.17, 15) is 0 Å². The third-order valence-corrected chi connectivity index (χ3v) is 4.54. The van der Waals surface area contributed by atoms with Gasteiger partial charge in [0.1, 0.15) is 0 Å². The van der Waals surface area contributed by atoms with Crippen molar-refractivity contribution in [3.8, 4) is 0 Å². The molecule has 1 aliphatic rings. The molecule has 106 valence electrons. The van der Waals surface area contributed by atoms with Gasteiger partial charge in [-0.15, -0.1) is 11.3 Å². The minimum absolute atomic E-state index is 0.317. The molecule has 1 aromatic heterocycles. The van der Waals surface area contributed by atoms with E-state index in [1.165, 1.54) is 11.3 Å². The lowest BCUT2D eigenvalue weighted by atomic mass is 10.1. The van der Waals surface area contributed by atoms with E-state index in [1.807, 2.05) is 0 Å². The molecule has 0 radical (unpaired) electrons. The summed E-state index contributed by atoms with van der Waals surface area (Å²) >= 11 is 1.72. The highest BCUT2D eigenvalue weighted by Gasteiger charge is 2.25. The van der Waals surface area contributed by atoms with Crippen molar-refractivity contribution in [2.75, 3.05) is 26.3 Å². The minimum Gasteiger partial charge on any atom is -0.378 e. The highest BCUT2D eigenvalue weighted by atomic mass is 32.1. The lowest BCUT2D eigenvalue weighted by Crippen LogP contribution is -2.40. The molecule has 0 spiro atoms. The van der Waals surface area contributed by atoms with Crippen LogP contribution in [0.5, 0.6) is 0 Å². The zero-order chi connectivity index (χ0) is 13.8. The molecule has 3 nitrogen and oxygen atoms in total. The van der Waals surface area contributed by atoms with E-state index in [4.69, 9.17) is 4.74 Å². The number of benzene rings is 1. The maximum Gasteiger partial charge on any atom is 0.0898 e. The molecule has 20 heavy (non-hydrogen) atoms.